The van der Waals surface area contributed by atoms with E-state index in [2.05, 4.69) is 203 Å². The second-order valence-electron chi connectivity index (χ2n) is 14.7. The van der Waals surface area contributed by atoms with E-state index >= 15 is 0 Å². The van der Waals surface area contributed by atoms with Crippen molar-refractivity contribution in [3.63, 3.8) is 0 Å². The molecule has 2 aliphatic heterocycles. The fourth-order valence-corrected chi connectivity index (χ4v) is 9.80. The average Bonchev–Trinajstić information content (AvgIpc) is 3.70. The van der Waals surface area contributed by atoms with Gasteiger partial charge in [-0.3, -0.25) is 4.99 Å². The number of anilines is 1. The molecular formula is C51H33N3. The smallest absolute Gasteiger partial charge is 0.136 e. The Morgan fingerprint density at radius 2 is 1.33 bits per heavy atom. The largest absolute Gasteiger partial charge is 0.317 e. The molecule has 3 nitrogen and oxygen atoms in total. The van der Waals surface area contributed by atoms with E-state index in [9.17, 15) is 0 Å². The zero-order chi connectivity index (χ0) is 35.4. The minimum absolute atomic E-state index is 0.0963. The zero-order valence-electron chi connectivity index (χ0n) is 29.4. The van der Waals surface area contributed by atoms with Crippen molar-refractivity contribution in [2.24, 2.45) is 4.99 Å². The van der Waals surface area contributed by atoms with Crippen LogP contribution in [0.1, 0.15) is 27.8 Å². The third kappa shape index (κ3) is 3.89. The summed E-state index contributed by atoms with van der Waals surface area (Å²) in [5.41, 5.74) is 19.1. The van der Waals surface area contributed by atoms with E-state index in [1.807, 2.05) is 0 Å². The number of benzene rings is 6. The van der Waals surface area contributed by atoms with Gasteiger partial charge in [0.25, 0.3) is 0 Å². The summed E-state index contributed by atoms with van der Waals surface area (Å²) >= 11 is 0. The number of rotatable bonds is 3. The fourth-order valence-electron chi connectivity index (χ4n) is 9.80. The zero-order valence-corrected chi connectivity index (χ0v) is 29.4. The lowest BCUT2D eigenvalue weighted by Crippen LogP contribution is -2.39. The first-order valence-electron chi connectivity index (χ1n) is 18.8. The van der Waals surface area contributed by atoms with Crippen molar-refractivity contribution >= 4 is 38.9 Å². The molecule has 7 aromatic rings. The third-order valence-corrected chi connectivity index (χ3v) is 12.1. The van der Waals surface area contributed by atoms with Gasteiger partial charge < -0.3 is 9.47 Å². The molecule has 0 saturated heterocycles. The minimum Gasteiger partial charge on any atom is -0.317 e. The van der Waals surface area contributed by atoms with Gasteiger partial charge in [0.1, 0.15) is 5.84 Å². The molecule has 3 unspecified atom stereocenters. The molecule has 0 radical (unpaired) electrons. The molecule has 0 fully saturated rings. The Kier molecular flexibility index (Phi) is 6.06. The summed E-state index contributed by atoms with van der Waals surface area (Å²) in [5.74, 6) is 1.01. The lowest BCUT2D eigenvalue weighted by molar-refractivity contribution is 0.722. The van der Waals surface area contributed by atoms with Gasteiger partial charge in [-0.2, -0.15) is 0 Å². The number of hydrogen-bond acceptors (Lipinski definition) is 2. The molecule has 3 heteroatoms. The topological polar surface area (TPSA) is 20.5 Å². The standard InChI is InChI=1S/C51H33N3/c1-2-13-34(14-3-1)50-52-45-22-9-11-24-47(45)53(50)38-28-25-33(26-29-38)35-27-30-43-48(32-35)54-46-23-10-7-18-40(46)41-19-12-21-44(49(41)54)51(43)37-16-5-4-15-36(31-37)39-17-6-8-20-42(39)51/h1-30,32,45,47H. The van der Waals surface area contributed by atoms with E-state index in [4.69, 9.17) is 4.99 Å². The molecule has 2 bridgehead atoms. The van der Waals surface area contributed by atoms with Gasteiger partial charge in [0.15, 0.2) is 0 Å². The lowest BCUT2D eigenvalue weighted by Gasteiger charge is -2.43. The van der Waals surface area contributed by atoms with Crippen LogP contribution in [0.25, 0.3) is 44.2 Å². The first-order valence-corrected chi connectivity index (χ1v) is 18.8. The number of amidine groups is 1. The Bertz CT molecular complexity index is 2980. The van der Waals surface area contributed by atoms with Crippen LogP contribution in [0.4, 0.5) is 5.69 Å². The highest BCUT2D eigenvalue weighted by Gasteiger charge is 2.49. The van der Waals surface area contributed by atoms with Crippen molar-refractivity contribution in [2.45, 2.75) is 17.5 Å². The van der Waals surface area contributed by atoms with Crippen LogP contribution in [0.3, 0.4) is 0 Å². The molecule has 3 heterocycles. The highest BCUT2D eigenvalue weighted by Crippen LogP contribution is 2.57. The van der Waals surface area contributed by atoms with Gasteiger partial charge in [0.2, 0.25) is 0 Å². The number of hydrogen-bond donors (Lipinski definition) is 0. The van der Waals surface area contributed by atoms with Crippen LogP contribution in [0.2, 0.25) is 0 Å². The lowest BCUT2D eigenvalue weighted by atomic mass is 9.59. The van der Waals surface area contributed by atoms with Crippen molar-refractivity contribution in [3.8, 4) is 16.8 Å². The molecule has 1 spiro atoms. The quantitative estimate of drug-likeness (QED) is 0.169. The van der Waals surface area contributed by atoms with Gasteiger partial charge in [-0.25, -0.2) is 0 Å². The number of para-hydroxylation sites is 2. The molecular weight excluding hydrogens is 655 g/mol. The van der Waals surface area contributed by atoms with Crippen molar-refractivity contribution in [3.05, 3.63) is 227 Å². The second kappa shape index (κ2) is 11.0. The predicted molar refractivity (Wildman–Crippen MR) is 223 cm³/mol. The average molecular weight is 688 g/mol. The van der Waals surface area contributed by atoms with Crippen LogP contribution in [0, 0.1) is 0 Å². The Balaban J connectivity index is 1.07. The third-order valence-electron chi connectivity index (χ3n) is 12.1. The molecule has 3 aliphatic carbocycles. The van der Waals surface area contributed by atoms with E-state index in [-0.39, 0.29) is 12.1 Å². The van der Waals surface area contributed by atoms with Crippen LogP contribution in [-0.4, -0.2) is 22.5 Å². The predicted octanol–water partition coefficient (Wildman–Crippen LogP) is 11.3. The molecule has 12 rings (SSSR count). The summed E-state index contributed by atoms with van der Waals surface area (Å²) in [5, 5.41) is 2.55. The van der Waals surface area contributed by atoms with Gasteiger partial charge in [0, 0.05) is 33.2 Å². The molecule has 0 saturated carbocycles. The number of fused-ring (bicyclic) bond motifs is 12. The summed E-state index contributed by atoms with van der Waals surface area (Å²) in [6.45, 7) is 0. The van der Waals surface area contributed by atoms with E-state index in [1.165, 1.54) is 66.4 Å². The van der Waals surface area contributed by atoms with Gasteiger partial charge in [-0.05, 0) is 69.8 Å². The SMILES string of the molecule is C1=C2C=CC=CC=1C1(c3ccccc32)c2ccc(-c3ccc(N4C(c5ccccc5)=NC5C=CC=CC54)cc3)cc2-n2c3ccccc3c3cccc1c32. The molecule has 6 aromatic carbocycles. The minimum atomic E-state index is -0.536. The Labute approximate surface area is 313 Å². The fraction of sp³-hybridized carbons (Fsp3) is 0.0588. The van der Waals surface area contributed by atoms with E-state index in [0.717, 1.165) is 22.7 Å². The first kappa shape index (κ1) is 29.6. The number of aromatic nitrogens is 1. The summed E-state index contributed by atoms with van der Waals surface area (Å²) in [4.78, 5) is 7.59. The normalized spacial score (nSPS) is 21.1. The highest BCUT2D eigenvalue weighted by atomic mass is 15.3. The van der Waals surface area contributed by atoms with Crippen molar-refractivity contribution in [1.29, 1.82) is 0 Å². The van der Waals surface area contributed by atoms with Gasteiger partial charge in [-0.15, -0.1) is 5.73 Å². The molecule has 0 amide bonds. The molecule has 252 valence electrons. The van der Waals surface area contributed by atoms with Crippen LogP contribution in [0.5, 0.6) is 0 Å². The second-order valence-corrected chi connectivity index (χ2v) is 14.7. The maximum atomic E-state index is 5.19. The van der Waals surface area contributed by atoms with Crippen LogP contribution in [0.15, 0.2) is 204 Å². The van der Waals surface area contributed by atoms with Gasteiger partial charge in [0.05, 0.1) is 34.2 Å². The van der Waals surface area contributed by atoms with Crippen LogP contribution >= 0.6 is 0 Å². The van der Waals surface area contributed by atoms with Crippen molar-refractivity contribution < 1.29 is 0 Å². The van der Waals surface area contributed by atoms with E-state index in [1.54, 1.807) is 0 Å². The van der Waals surface area contributed by atoms with Crippen LogP contribution in [-0.2, 0) is 5.41 Å². The molecule has 54 heavy (non-hydrogen) atoms. The summed E-state index contributed by atoms with van der Waals surface area (Å²) in [6.07, 6.45) is 17.5. The molecule has 0 N–H and O–H groups in total. The molecule has 5 aliphatic rings. The van der Waals surface area contributed by atoms with Crippen molar-refractivity contribution in [1.82, 2.24) is 4.57 Å². The van der Waals surface area contributed by atoms with E-state index < -0.39 is 5.41 Å². The van der Waals surface area contributed by atoms with Crippen molar-refractivity contribution in [2.75, 3.05) is 4.90 Å². The molecule has 3 atom stereocenters. The summed E-state index contributed by atoms with van der Waals surface area (Å²) in [7, 11) is 0. The summed E-state index contributed by atoms with van der Waals surface area (Å²) < 4.78 is 2.52. The maximum absolute atomic E-state index is 5.19. The van der Waals surface area contributed by atoms with Gasteiger partial charge >= 0.3 is 0 Å². The number of allylic oxidation sites excluding steroid dienone is 7. The van der Waals surface area contributed by atoms with E-state index in [0.29, 0.717) is 0 Å². The van der Waals surface area contributed by atoms with Crippen LogP contribution < -0.4 is 4.90 Å². The first-order chi connectivity index (χ1) is 26.8. The monoisotopic (exact) mass is 687 g/mol. The van der Waals surface area contributed by atoms with Gasteiger partial charge in [-0.1, -0.05) is 152 Å². The number of nitrogens with zero attached hydrogens (tertiary/aromatic N) is 3. The number of aliphatic imine (C=N–C) groups is 1. The summed E-state index contributed by atoms with van der Waals surface area (Å²) in [6, 6.07) is 51.7. The Hall–Kier alpha value is -6.93. The highest BCUT2D eigenvalue weighted by molar-refractivity contribution is 6.13. The maximum Gasteiger partial charge on any atom is 0.136 e. The molecule has 1 aromatic heterocycles. The Morgan fingerprint density at radius 3 is 2.26 bits per heavy atom. The Morgan fingerprint density at radius 1 is 0.574 bits per heavy atom.